The third-order valence-electron chi connectivity index (χ3n) is 3.89. The van der Waals surface area contributed by atoms with Gasteiger partial charge in [-0.05, 0) is 54.0 Å². The zero-order valence-corrected chi connectivity index (χ0v) is 17.3. The van der Waals surface area contributed by atoms with E-state index in [1.54, 1.807) is 31.1 Å². The number of rotatable bonds is 6. The number of anilines is 1. The Balaban J connectivity index is 1.83. The van der Waals surface area contributed by atoms with Crippen molar-refractivity contribution < 1.29 is 9.59 Å². The second-order valence-corrected chi connectivity index (χ2v) is 7.10. The molecule has 146 valence electrons. The number of nitrogens with zero attached hydrogens (tertiary/aromatic N) is 1. The number of carbonyl (C=O) groups is 2. The van der Waals surface area contributed by atoms with E-state index in [0.717, 1.165) is 16.8 Å². The van der Waals surface area contributed by atoms with E-state index < -0.39 is 0 Å². The Morgan fingerprint density at radius 1 is 1.11 bits per heavy atom. The van der Waals surface area contributed by atoms with Gasteiger partial charge in [0.15, 0.2) is 5.11 Å². The minimum atomic E-state index is -0.351. The van der Waals surface area contributed by atoms with Crippen molar-refractivity contribution in [1.82, 2.24) is 10.2 Å². The van der Waals surface area contributed by atoms with Crippen LogP contribution in [-0.4, -0.2) is 35.9 Å². The lowest BCUT2D eigenvalue weighted by Gasteiger charge is -2.11. The molecule has 0 heterocycles. The minimum absolute atomic E-state index is 0.0935. The van der Waals surface area contributed by atoms with Crippen molar-refractivity contribution in [3.05, 3.63) is 70.8 Å². The molecule has 28 heavy (non-hydrogen) atoms. The average Bonchev–Trinajstić information content (AvgIpc) is 2.66. The Labute approximate surface area is 175 Å². The van der Waals surface area contributed by atoms with Crippen LogP contribution in [0.25, 0.3) is 6.08 Å². The third kappa shape index (κ3) is 7.13. The molecule has 0 atom stereocenters. The average molecular weight is 416 g/mol. The van der Waals surface area contributed by atoms with Crippen molar-refractivity contribution in [2.24, 2.45) is 0 Å². The molecular formula is C21H22ClN3O2S. The van der Waals surface area contributed by atoms with Crippen LogP contribution in [0.3, 0.4) is 0 Å². The molecule has 0 saturated heterocycles. The van der Waals surface area contributed by atoms with Crippen LogP contribution in [0.1, 0.15) is 17.5 Å². The maximum absolute atomic E-state index is 12.0. The van der Waals surface area contributed by atoms with Gasteiger partial charge in [-0.1, -0.05) is 41.9 Å². The van der Waals surface area contributed by atoms with E-state index in [9.17, 15) is 9.59 Å². The highest BCUT2D eigenvalue weighted by Crippen LogP contribution is 2.16. The first-order valence-corrected chi connectivity index (χ1v) is 9.47. The van der Waals surface area contributed by atoms with Crippen molar-refractivity contribution in [3.8, 4) is 0 Å². The molecule has 7 heteroatoms. The molecule has 0 saturated carbocycles. The highest BCUT2D eigenvalue weighted by atomic mass is 35.5. The standard InChI is InChI=1S/C21H22ClN3O2S/c1-25(2)20(27)14-9-15-7-11-17(12-8-15)23-21(28)24-19(26)13-10-16-5-3-4-6-18(16)22/h3-8,10-13H,9,14H2,1-2H3,(H2,23,24,26,28)/b13-10+. The molecular weight excluding hydrogens is 394 g/mol. The molecule has 2 aromatic carbocycles. The Kier molecular flexibility index (Phi) is 8.17. The molecule has 5 nitrogen and oxygen atoms in total. The molecule has 0 fully saturated rings. The Morgan fingerprint density at radius 3 is 2.43 bits per heavy atom. The number of hydrogen-bond acceptors (Lipinski definition) is 3. The van der Waals surface area contributed by atoms with E-state index in [0.29, 0.717) is 17.9 Å². The molecule has 2 aromatic rings. The van der Waals surface area contributed by atoms with Gasteiger partial charge in [0.2, 0.25) is 11.8 Å². The molecule has 0 aliphatic heterocycles. The summed E-state index contributed by atoms with van der Waals surface area (Å²) in [6.07, 6.45) is 4.14. The number of halogens is 1. The second-order valence-electron chi connectivity index (χ2n) is 6.28. The molecule has 0 aromatic heterocycles. The molecule has 0 aliphatic rings. The summed E-state index contributed by atoms with van der Waals surface area (Å²) in [5.41, 5.74) is 2.56. The number of aryl methyl sites for hydroxylation is 1. The first kappa shape index (κ1) is 21.6. The summed E-state index contributed by atoms with van der Waals surface area (Å²) >= 11 is 11.2. The van der Waals surface area contributed by atoms with Gasteiger partial charge in [-0.3, -0.25) is 14.9 Å². The zero-order chi connectivity index (χ0) is 20.5. The molecule has 2 amide bonds. The van der Waals surface area contributed by atoms with Crippen molar-refractivity contribution in [2.75, 3.05) is 19.4 Å². The van der Waals surface area contributed by atoms with Gasteiger partial charge in [0, 0.05) is 37.3 Å². The Hall–Kier alpha value is -2.70. The quantitative estimate of drug-likeness (QED) is 0.555. The lowest BCUT2D eigenvalue weighted by Crippen LogP contribution is -2.32. The smallest absolute Gasteiger partial charge is 0.250 e. The summed E-state index contributed by atoms with van der Waals surface area (Å²) in [4.78, 5) is 25.2. The number of amides is 2. The van der Waals surface area contributed by atoms with Crippen LogP contribution in [0.4, 0.5) is 5.69 Å². The fraction of sp³-hybridized carbons (Fsp3) is 0.190. The molecule has 2 N–H and O–H groups in total. The normalized spacial score (nSPS) is 10.5. The third-order valence-corrected chi connectivity index (χ3v) is 4.44. The fourth-order valence-electron chi connectivity index (χ4n) is 2.32. The van der Waals surface area contributed by atoms with Crippen molar-refractivity contribution in [3.63, 3.8) is 0 Å². The van der Waals surface area contributed by atoms with Crippen LogP contribution in [0.15, 0.2) is 54.6 Å². The van der Waals surface area contributed by atoms with Gasteiger partial charge in [0.25, 0.3) is 0 Å². The van der Waals surface area contributed by atoms with Crippen LogP contribution in [0, 0.1) is 0 Å². The van der Waals surface area contributed by atoms with E-state index in [4.69, 9.17) is 23.8 Å². The molecule has 0 spiro atoms. The van der Waals surface area contributed by atoms with Gasteiger partial charge < -0.3 is 10.2 Å². The SMILES string of the molecule is CN(C)C(=O)CCc1ccc(NC(=S)NC(=O)/C=C/c2ccccc2Cl)cc1. The lowest BCUT2D eigenvalue weighted by atomic mass is 10.1. The van der Waals surface area contributed by atoms with Gasteiger partial charge in [-0.15, -0.1) is 0 Å². The topological polar surface area (TPSA) is 61.4 Å². The second kappa shape index (κ2) is 10.6. The summed E-state index contributed by atoms with van der Waals surface area (Å²) in [7, 11) is 3.49. The van der Waals surface area contributed by atoms with E-state index in [-0.39, 0.29) is 16.9 Å². The molecule has 0 unspecified atom stereocenters. The minimum Gasteiger partial charge on any atom is -0.349 e. The molecule has 0 radical (unpaired) electrons. The maximum Gasteiger partial charge on any atom is 0.250 e. The predicted molar refractivity (Wildman–Crippen MR) is 118 cm³/mol. The summed E-state index contributed by atoms with van der Waals surface area (Å²) < 4.78 is 0. The molecule has 0 aliphatic carbocycles. The van der Waals surface area contributed by atoms with Gasteiger partial charge >= 0.3 is 0 Å². The van der Waals surface area contributed by atoms with Crippen LogP contribution >= 0.6 is 23.8 Å². The summed E-state index contributed by atoms with van der Waals surface area (Å²) in [5.74, 6) is -0.257. The van der Waals surface area contributed by atoms with E-state index in [1.165, 1.54) is 6.08 Å². The maximum atomic E-state index is 12.0. The van der Waals surface area contributed by atoms with E-state index in [1.807, 2.05) is 42.5 Å². The van der Waals surface area contributed by atoms with Crippen molar-refractivity contribution >= 4 is 52.5 Å². The summed E-state index contributed by atoms with van der Waals surface area (Å²) in [5, 5.41) is 6.31. The number of thiocarbonyl (C=S) groups is 1. The molecule has 2 rings (SSSR count). The number of benzene rings is 2. The van der Waals surface area contributed by atoms with Crippen molar-refractivity contribution in [2.45, 2.75) is 12.8 Å². The van der Waals surface area contributed by atoms with Gasteiger partial charge in [-0.2, -0.15) is 0 Å². The largest absolute Gasteiger partial charge is 0.349 e. The first-order valence-electron chi connectivity index (χ1n) is 8.69. The molecule has 0 bridgehead atoms. The number of hydrogen-bond donors (Lipinski definition) is 2. The summed E-state index contributed by atoms with van der Waals surface area (Å²) in [6, 6.07) is 14.8. The van der Waals surface area contributed by atoms with Crippen molar-refractivity contribution in [1.29, 1.82) is 0 Å². The highest BCUT2D eigenvalue weighted by Gasteiger charge is 2.05. The lowest BCUT2D eigenvalue weighted by molar-refractivity contribution is -0.128. The van der Waals surface area contributed by atoms with Gasteiger partial charge in [0.05, 0.1) is 0 Å². The van der Waals surface area contributed by atoms with E-state index in [2.05, 4.69) is 10.6 Å². The van der Waals surface area contributed by atoms with Gasteiger partial charge in [-0.25, -0.2) is 0 Å². The number of nitrogens with one attached hydrogen (secondary N) is 2. The Bertz CT molecular complexity index is 879. The highest BCUT2D eigenvalue weighted by molar-refractivity contribution is 7.80. The zero-order valence-electron chi connectivity index (χ0n) is 15.7. The fourth-order valence-corrected chi connectivity index (χ4v) is 2.74. The van der Waals surface area contributed by atoms with Gasteiger partial charge in [0.1, 0.15) is 0 Å². The Morgan fingerprint density at radius 2 is 1.79 bits per heavy atom. The van der Waals surface area contributed by atoms with Crippen LogP contribution in [0.2, 0.25) is 5.02 Å². The van der Waals surface area contributed by atoms with E-state index >= 15 is 0 Å². The first-order chi connectivity index (χ1) is 13.3. The monoisotopic (exact) mass is 415 g/mol. The summed E-state index contributed by atoms with van der Waals surface area (Å²) in [6.45, 7) is 0. The van der Waals surface area contributed by atoms with Crippen LogP contribution in [-0.2, 0) is 16.0 Å². The van der Waals surface area contributed by atoms with Crippen LogP contribution < -0.4 is 10.6 Å². The number of carbonyl (C=O) groups excluding carboxylic acids is 2. The van der Waals surface area contributed by atoms with Crippen LogP contribution in [0.5, 0.6) is 0 Å². The predicted octanol–water partition coefficient (Wildman–Crippen LogP) is 3.89.